The van der Waals surface area contributed by atoms with E-state index in [4.69, 9.17) is 12.8 Å². The van der Waals surface area contributed by atoms with E-state index in [1.807, 2.05) is 0 Å². The van der Waals surface area contributed by atoms with Crippen LogP contribution in [0.5, 0.6) is 0 Å². The van der Waals surface area contributed by atoms with Crippen molar-refractivity contribution in [3.63, 3.8) is 0 Å². The Balaban J connectivity index is 0.000000280. The maximum absolute atomic E-state index is 11.4. The van der Waals surface area contributed by atoms with E-state index in [1.54, 1.807) is 36.4 Å². The Morgan fingerprint density at radius 1 is 0.643 bits per heavy atom. The molecule has 0 amide bonds. The molecule has 0 fully saturated rings. The lowest BCUT2D eigenvalue weighted by atomic mass is 10.4. The fraction of sp³-hybridized carbons (Fsp3) is 0.200. The zero-order chi connectivity index (χ0) is 20.9. The summed E-state index contributed by atoms with van der Waals surface area (Å²) in [4.78, 5) is 0.300. The quantitative estimate of drug-likeness (QED) is 0.371. The maximum Gasteiger partial charge on any atom is 0.297 e. The minimum absolute atomic E-state index is 0.0216. The summed E-state index contributed by atoms with van der Waals surface area (Å²) in [6, 6.07) is 15.9. The molecule has 6 nitrogen and oxygen atoms in total. The minimum atomic E-state index is -3.63. The first-order valence-corrected chi connectivity index (χ1v) is 10.9. The normalized spacial score (nSPS) is 10.8. The largest absolute Gasteiger partial charge is 0.297 e. The van der Waals surface area contributed by atoms with Gasteiger partial charge in [-0.2, -0.15) is 16.8 Å². The molecule has 28 heavy (non-hydrogen) atoms. The van der Waals surface area contributed by atoms with Crippen molar-refractivity contribution in [2.24, 2.45) is 0 Å². The van der Waals surface area contributed by atoms with Gasteiger partial charge in [-0.15, -0.1) is 24.7 Å². The molecule has 2 aromatic carbocycles. The summed E-state index contributed by atoms with van der Waals surface area (Å²) in [5.74, 6) is 4.60. The number of rotatable bonds is 8. The van der Waals surface area contributed by atoms with Crippen LogP contribution in [0.1, 0.15) is 12.8 Å². The van der Waals surface area contributed by atoms with Gasteiger partial charge in [-0.1, -0.05) is 36.4 Å². The third-order valence-corrected chi connectivity index (χ3v) is 5.69. The van der Waals surface area contributed by atoms with Crippen LogP contribution in [-0.2, 0) is 28.6 Å². The van der Waals surface area contributed by atoms with Crippen LogP contribution in [-0.4, -0.2) is 30.0 Å². The van der Waals surface area contributed by atoms with Crippen molar-refractivity contribution in [3.05, 3.63) is 60.7 Å². The van der Waals surface area contributed by atoms with Crippen molar-refractivity contribution in [2.75, 3.05) is 13.2 Å². The van der Waals surface area contributed by atoms with Gasteiger partial charge in [0, 0.05) is 12.8 Å². The summed E-state index contributed by atoms with van der Waals surface area (Å²) in [6.45, 7) is 0.0431. The monoisotopic (exact) mass is 420 g/mol. The van der Waals surface area contributed by atoms with Crippen LogP contribution in [0.4, 0.5) is 0 Å². The molecule has 0 spiro atoms. The molecule has 2 aromatic rings. The van der Waals surface area contributed by atoms with Crippen LogP contribution < -0.4 is 0 Å². The van der Waals surface area contributed by atoms with Gasteiger partial charge in [0.05, 0.1) is 23.0 Å². The Kier molecular flexibility index (Phi) is 10.0. The van der Waals surface area contributed by atoms with Crippen LogP contribution in [0.15, 0.2) is 70.5 Å². The van der Waals surface area contributed by atoms with Crippen LogP contribution in [0.25, 0.3) is 0 Å². The summed E-state index contributed by atoms with van der Waals surface area (Å²) >= 11 is 0. The van der Waals surface area contributed by atoms with Crippen LogP contribution in [0.2, 0.25) is 0 Å². The van der Waals surface area contributed by atoms with E-state index in [0.29, 0.717) is 0 Å². The molecule has 2 rings (SSSR count). The zero-order valence-electron chi connectivity index (χ0n) is 15.0. The molecule has 0 aromatic heterocycles. The van der Waals surface area contributed by atoms with E-state index in [1.165, 1.54) is 24.3 Å². The summed E-state index contributed by atoms with van der Waals surface area (Å²) in [6.07, 6.45) is 10.5. The molecule has 0 saturated heterocycles. The Morgan fingerprint density at radius 2 is 0.964 bits per heavy atom. The van der Waals surface area contributed by atoms with Crippen molar-refractivity contribution < 1.29 is 25.2 Å². The van der Waals surface area contributed by atoms with Gasteiger partial charge in [-0.3, -0.25) is 8.37 Å². The SMILES string of the molecule is C#CCCOS(=O)(=O)c1ccccc1.C#CCCOS(=O)(=O)c1ccccc1. The van der Waals surface area contributed by atoms with E-state index < -0.39 is 20.2 Å². The zero-order valence-corrected chi connectivity index (χ0v) is 16.7. The van der Waals surface area contributed by atoms with Crippen LogP contribution in [0, 0.1) is 24.7 Å². The highest BCUT2D eigenvalue weighted by atomic mass is 32.2. The van der Waals surface area contributed by atoms with Gasteiger partial charge in [0.25, 0.3) is 20.2 Å². The first-order chi connectivity index (χ1) is 13.3. The fourth-order valence-electron chi connectivity index (χ4n) is 1.73. The molecule has 0 heterocycles. The number of terminal acetylenes is 2. The molecule has 0 unspecified atom stereocenters. The van der Waals surface area contributed by atoms with Gasteiger partial charge in [0.15, 0.2) is 0 Å². The minimum Gasteiger partial charge on any atom is -0.265 e. The topological polar surface area (TPSA) is 86.7 Å². The second-order valence-corrected chi connectivity index (χ2v) is 8.32. The highest BCUT2D eigenvalue weighted by molar-refractivity contribution is 7.87. The summed E-state index contributed by atoms with van der Waals surface area (Å²) in [7, 11) is -7.26. The van der Waals surface area contributed by atoms with Crippen LogP contribution in [0.3, 0.4) is 0 Å². The van der Waals surface area contributed by atoms with Crippen molar-refractivity contribution in [3.8, 4) is 24.7 Å². The highest BCUT2D eigenvalue weighted by Crippen LogP contribution is 2.11. The van der Waals surface area contributed by atoms with Crippen molar-refractivity contribution in [1.82, 2.24) is 0 Å². The van der Waals surface area contributed by atoms with Crippen molar-refractivity contribution >= 4 is 20.2 Å². The smallest absolute Gasteiger partial charge is 0.265 e. The second kappa shape index (κ2) is 12.0. The molecule has 148 valence electrons. The molecule has 0 aliphatic rings. The average molecular weight is 421 g/mol. The standard InChI is InChI=1S/2C10H10O3S/c2*1-2-3-9-13-14(11,12)10-7-5-4-6-8-10/h2*1,4-8H,3,9H2. The first-order valence-electron chi connectivity index (χ1n) is 8.09. The highest BCUT2D eigenvalue weighted by Gasteiger charge is 2.14. The van der Waals surface area contributed by atoms with Gasteiger partial charge in [-0.05, 0) is 24.3 Å². The van der Waals surface area contributed by atoms with Crippen LogP contribution >= 0.6 is 0 Å². The number of hydrogen-bond acceptors (Lipinski definition) is 6. The van der Waals surface area contributed by atoms with E-state index in [2.05, 4.69) is 20.2 Å². The van der Waals surface area contributed by atoms with E-state index in [-0.39, 0.29) is 35.8 Å². The molecule has 0 aliphatic heterocycles. The molecule has 8 heteroatoms. The predicted octanol–water partition coefficient (Wildman–Crippen LogP) is 2.83. The lowest BCUT2D eigenvalue weighted by molar-refractivity contribution is 0.326. The van der Waals surface area contributed by atoms with Gasteiger partial charge in [0.1, 0.15) is 0 Å². The van der Waals surface area contributed by atoms with Gasteiger partial charge in [-0.25, -0.2) is 0 Å². The lowest BCUT2D eigenvalue weighted by Crippen LogP contribution is -2.06. The Hall–Kier alpha value is -2.62. The Morgan fingerprint density at radius 3 is 1.25 bits per heavy atom. The lowest BCUT2D eigenvalue weighted by Gasteiger charge is -2.02. The maximum atomic E-state index is 11.4. The van der Waals surface area contributed by atoms with E-state index in [0.717, 1.165) is 0 Å². The Labute approximate surface area is 166 Å². The van der Waals surface area contributed by atoms with Crippen molar-refractivity contribution in [1.29, 1.82) is 0 Å². The predicted molar refractivity (Wildman–Crippen MR) is 106 cm³/mol. The average Bonchev–Trinajstić information content (AvgIpc) is 2.70. The number of benzene rings is 2. The molecule has 0 radical (unpaired) electrons. The third-order valence-electron chi connectivity index (χ3n) is 3.03. The molecular formula is C20H20O6S2. The molecular weight excluding hydrogens is 400 g/mol. The van der Waals surface area contributed by atoms with Gasteiger partial charge in [0.2, 0.25) is 0 Å². The third kappa shape index (κ3) is 8.38. The molecule has 0 N–H and O–H groups in total. The van der Waals surface area contributed by atoms with Gasteiger partial charge < -0.3 is 0 Å². The molecule has 0 bridgehead atoms. The van der Waals surface area contributed by atoms with E-state index in [9.17, 15) is 16.8 Å². The van der Waals surface area contributed by atoms with Gasteiger partial charge >= 0.3 is 0 Å². The summed E-state index contributed by atoms with van der Waals surface area (Å²) in [5.41, 5.74) is 0. The number of hydrogen-bond donors (Lipinski definition) is 0. The Bertz CT molecular complexity index is 914. The molecule has 0 saturated carbocycles. The summed E-state index contributed by atoms with van der Waals surface area (Å²) in [5, 5.41) is 0. The van der Waals surface area contributed by atoms with Crippen molar-refractivity contribution in [2.45, 2.75) is 22.6 Å². The first kappa shape index (κ1) is 23.4. The van der Waals surface area contributed by atoms with E-state index >= 15 is 0 Å². The second-order valence-electron chi connectivity index (χ2n) is 5.09. The molecule has 0 atom stereocenters. The fourth-order valence-corrected chi connectivity index (χ4v) is 3.59. The molecule has 0 aliphatic carbocycles. The summed E-state index contributed by atoms with van der Waals surface area (Å²) < 4.78 is 55.0.